The average Bonchev–Trinajstić information content (AvgIpc) is 2.72. The molecular weight excluding hydrogens is 348 g/mol. The van der Waals surface area contributed by atoms with E-state index in [0.717, 1.165) is 45.1 Å². The van der Waals surface area contributed by atoms with E-state index in [4.69, 9.17) is 0 Å². The molecule has 6 nitrogen and oxygen atoms in total. The number of nitrogens with one attached hydrogen (secondary N) is 2. The van der Waals surface area contributed by atoms with Crippen molar-refractivity contribution in [3.63, 3.8) is 0 Å². The molecule has 0 amide bonds. The highest BCUT2D eigenvalue weighted by Crippen LogP contribution is 2.12. The van der Waals surface area contributed by atoms with Gasteiger partial charge in [0.1, 0.15) is 0 Å². The Morgan fingerprint density at radius 3 is 2.50 bits per heavy atom. The number of anilines is 1. The maximum Gasteiger partial charge on any atom is 0.190 e. The van der Waals surface area contributed by atoms with Crippen LogP contribution in [0.25, 0.3) is 0 Å². The van der Waals surface area contributed by atoms with Gasteiger partial charge in [-0.25, -0.2) is 0 Å². The molecule has 0 bridgehead atoms. The van der Waals surface area contributed by atoms with Crippen LogP contribution in [-0.2, 0) is 0 Å². The Labute approximate surface area is 172 Å². The predicted molar refractivity (Wildman–Crippen MR) is 121 cm³/mol. The molecule has 1 aliphatic heterocycles. The largest absolute Gasteiger partial charge is 0.372 e. The molecule has 1 saturated heterocycles. The molecule has 2 rings (SSSR count). The Bertz CT molecular complexity index is 553. The monoisotopic (exact) mass is 388 g/mol. The Morgan fingerprint density at radius 2 is 1.86 bits per heavy atom. The van der Waals surface area contributed by atoms with Crippen molar-refractivity contribution in [1.29, 1.82) is 0 Å². The molecule has 2 N–H and O–H groups in total. The number of rotatable bonds is 10. The van der Waals surface area contributed by atoms with Crippen LogP contribution in [0.1, 0.15) is 20.3 Å². The summed E-state index contributed by atoms with van der Waals surface area (Å²) in [4.78, 5) is 11.8. The molecule has 28 heavy (non-hydrogen) atoms. The standard InChI is InChI=1S/C22H40N6/c1-5-28(21-10-7-6-8-11-21)13-9-12-24-22(23-3)25-18-20(2)19-27-16-14-26(4)15-17-27/h6-8,10-11,20H,5,9,12-19H2,1-4H3,(H2,23,24,25). The van der Waals surface area contributed by atoms with Crippen molar-refractivity contribution in [1.82, 2.24) is 20.4 Å². The number of likely N-dealkylation sites (N-methyl/N-ethyl adjacent to an activating group) is 1. The van der Waals surface area contributed by atoms with Crippen molar-refractivity contribution in [3.05, 3.63) is 30.3 Å². The van der Waals surface area contributed by atoms with Crippen LogP contribution in [0, 0.1) is 5.92 Å². The van der Waals surface area contributed by atoms with E-state index in [1.807, 2.05) is 7.05 Å². The zero-order chi connectivity index (χ0) is 20.2. The smallest absolute Gasteiger partial charge is 0.190 e. The molecule has 1 unspecified atom stereocenters. The molecule has 1 fully saturated rings. The summed E-state index contributed by atoms with van der Waals surface area (Å²) < 4.78 is 0. The van der Waals surface area contributed by atoms with Crippen LogP contribution in [0.15, 0.2) is 35.3 Å². The van der Waals surface area contributed by atoms with Crippen molar-refractivity contribution >= 4 is 11.6 Å². The first-order chi connectivity index (χ1) is 13.6. The number of aliphatic imine (C=N–C) groups is 1. The maximum atomic E-state index is 4.37. The molecule has 1 aliphatic rings. The van der Waals surface area contributed by atoms with Crippen molar-refractivity contribution in [2.75, 3.05) is 77.9 Å². The van der Waals surface area contributed by atoms with Crippen molar-refractivity contribution in [2.24, 2.45) is 10.9 Å². The second-order valence-corrected chi connectivity index (χ2v) is 7.86. The van der Waals surface area contributed by atoms with Crippen LogP contribution in [-0.4, -0.2) is 88.8 Å². The molecule has 0 aromatic heterocycles. The predicted octanol–water partition coefficient (Wildman–Crippen LogP) is 1.95. The highest BCUT2D eigenvalue weighted by atomic mass is 15.2. The van der Waals surface area contributed by atoms with Crippen molar-refractivity contribution in [3.8, 4) is 0 Å². The van der Waals surface area contributed by atoms with Crippen LogP contribution in [0.3, 0.4) is 0 Å². The Balaban J connectivity index is 1.61. The quantitative estimate of drug-likeness (QED) is 0.364. The van der Waals surface area contributed by atoms with Gasteiger partial charge in [0.05, 0.1) is 0 Å². The van der Waals surface area contributed by atoms with Crippen molar-refractivity contribution < 1.29 is 0 Å². The van der Waals surface area contributed by atoms with E-state index in [9.17, 15) is 0 Å². The average molecular weight is 389 g/mol. The van der Waals surface area contributed by atoms with Gasteiger partial charge < -0.3 is 25.3 Å². The molecule has 1 aromatic rings. The van der Waals surface area contributed by atoms with E-state index >= 15 is 0 Å². The van der Waals surface area contributed by atoms with E-state index in [0.29, 0.717) is 5.92 Å². The molecule has 0 radical (unpaired) electrons. The Kier molecular flexibility index (Phi) is 10.1. The number of benzene rings is 1. The molecule has 6 heteroatoms. The number of hydrogen-bond donors (Lipinski definition) is 2. The summed E-state index contributed by atoms with van der Waals surface area (Å²) in [6.07, 6.45) is 1.08. The molecular formula is C22H40N6. The molecule has 1 heterocycles. The fourth-order valence-corrected chi connectivity index (χ4v) is 3.61. The second kappa shape index (κ2) is 12.6. The molecule has 0 saturated carbocycles. The minimum atomic E-state index is 0.607. The minimum Gasteiger partial charge on any atom is -0.372 e. The summed E-state index contributed by atoms with van der Waals surface area (Å²) in [7, 11) is 4.06. The van der Waals surface area contributed by atoms with Crippen LogP contribution in [0.2, 0.25) is 0 Å². The Hall–Kier alpha value is -1.79. The van der Waals surface area contributed by atoms with Gasteiger partial charge in [-0.05, 0) is 38.4 Å². The van der Waals surface area contributed by atoms with Gasteiger partial charge >= 0.3 is 0 Å². The topological polar surface area (TPSA) is 46.1 Å². The third-order valence-corrected chi connectivity index (χ3v) is 5.41. The van der Waals surface area contributed by atoms with Gasteiger partial charge in [0, 0.05) is 71.6 Å². The lowest BCUT2D eigenvalue weighted by molar-refractivity contribution is 0.139. The molecule has 1 atom stereocenters. The normalized spacial score (nSPS) is 17.4. The zero-order valence-corrected chi connectivity index (χ0v) is 18.3. The number of para-hydroxylation sites is 1. The fraction of sp³-hybridized carbons (Fsp3) is 0.682. The summed E-state index contributed by atoms with van der Waals surface area (Å²) in [5.74, 6) is 1.52. The van der Waals surface area contributed by atoms with E-state index in [1.165, 1.54) is 31.9 Å². The Morgan fingerprint density at radius 1 is 1.14 bits per heavy atom. The summed E-state index contributed by atoms with van der Waals surface area (Å²) in [6, 6.07) is 10.6. The molecule has 0 spiro atoms. The van der Waals surface area contributed by atoms with Crippen LogP contribution < -0.4 is 15.5 Å². The number of hydrogen-bond acceptors (Lipinski definition) is 4. The molecule has 158 valence electrons. The maximum absolute atomic E-state index is 4.37. The highest BCUT2D eigenvalue weighted by Gasteiger charge is 2.16. The third-order valence-electron chi connectivity index (χ3n) is 5.41. The highest BCUT2D eigenvalue weighted by molar-refractivity contribution is 5.79. The van der Waals surface area contributed by atoms with Gasteiger partial charge in [-0.1, -0.05) is 25.1 Å². The summed E-state index contributed by atoms with van der Waals surface area (Å²) in [6.45, 7) is 14.4. The van der Waals surface area contributed by atoms with Gasteiger partial charge in [-0.2, -0.15) is 0 Å². The van der Waals surface area contributed by atoms with E-state index in [-0.39, 0.29) is 0 Å². The second-order valence-electron chi connectivity index (χ2n) is 7.86. The van der Waals surface area contributed by atoms with E-state index < -0.39 is 0 Å². The van der Waals surface area contributed by atoms with Gasteiger partial charge in [-0.3, -0.25) is 4.99 Å². The zero-order valence-electron chi connectivity index (χ0n) is 18.3. The minimum absolute atomic E-state index is 0.607. The number of guanidine groups is 1. The van der Waals surface area contributed by atoms with Gasteiger partial charge in [-0.15, -0.1) is 0 Å². The van der Waals surface area contributed by atoms with E-state index in [1.54, 1.807) is 0 Å². The first-order valence-corrected chi connectivity index (χ1v) is 10.8. The first kappa shape index (κ1) is 22.5. The fourth-order valence-electron chi connectivity index (χ4n) is 3.61. The number of nitrogens with zero attached hydrogens (tertiary/aromatic N) is 4. The van der Waals surface area contributed by atoms with Crippen LogP contribution in [0.4, 0.5) is 5.69 Å². The third kappa shape index (κ3) is 8.07. The SMILES string of the molecule is CCN(CCCNC(=NC)NCC(C)CN1CCN(C)CC1)c1ccccc1. The lowest BCUT2D eigenvalue weighted by Gasteiger charge is -2.34. The summed E-state index contributed by atoms with van der Waals surface area (Å²) in [5.41, 5.74) is 1.30. The lowest BCUT2D eigenvalue weighted by atomic mass is 10.1. The van der Waals surface area contributed by atoms with Crippen LogP contribution in [0.5, 0.6) is 0 Å². The van der Waals surface area contributed by atoms with Crippen molar-refractivity contribution in [2.45, 2.75) is 20.3 Å². The van der Waals surface area contributed by atoms with Gasteiger partial charge in [0.25, 0.3) is 0 Å². The van der Waals surface area contributed by atoms with Gasteiger partial charge in [0.2, 0.25) is 0 Å². The first-order valence-electron chi connectivity index (χ1n) is 10.8. The summed E-state index contributed by atoms with van der Waals surface area (Å²) >= 11 is 0. The van der Waals surface area contributed by atoms with Gasteiger partial charge in [0.15, 0.2) is 5.96 Å². The molecule has 0 aliphatic carbocycles. The lowest BCUT2D eigenvalue weighted by Crippen LogP contribution is -2.47. The number of piperazine rings is 1. The summed E-state index contributed by atoms with van der Waals surface area (Å²) in [5, 5.41) is 6.95. The molecule has 1 aromatic carbocycles. The van der Waals surface area contributed by atoms with E-state index in [2.05, 4.69) is 81.6 Å². The van der Waals surface area contributed by atoms with Crippen LogP contribution >= 0.6 is 0 Å².